The third-order valence-electron chi connectivity index (χ3n) is 14.5. The van der Waals surface area contributed by atoms with E-state index in [9.17, 15) is 0 Å². The summed E-state index contributed by atoms with van der Waals surface area (Å²) >= 11 is 0. The van der Waals surface area contributed by atoms with Crippen molar-refractivity contribution < 1.29 is 0 Å². The third kappa shape index (κ3) is 5.63. The van der Waals surface area contributed by atoms with Crippen molar-refractivity contribution in [2.24, 2.45) is 0 Å². The standard InChI is InChI=1S/C65H39N5/c1-4-18-40(19-5-1)63-66-64(41-20-6-2-7-21-41)68-65(67-63)54-36-33-49(46-26-12-13-27-47(46)54)53-35-34-52-48-28-14-15-30-51(48)59-45-25-11-10-22-42(45)38-58-61(59)60(52)62(53)70(58)44-32-37-57-55(39-44)50-29-16-17-31-56(50)69(57)43-23-8-3-9-24-43/h1-39H. The summed E-state index contributed by atoms with van der Waals surface area (Å²) in [6, 6.07) is 85.2. The van der Waals surface area contributed by atoms with Crippen molar-refractivity contribution in [3.05, 3.63) is 237 Å². The van der Waals surface area contributed by atoms with Crippen LogP contribution in [0.4, 0.5) is 0 Å². The minimum atomic E-state index is 0.635. The molecule has 0 saturated heterocycles. The summed E-state index contributed by atoms with van der Waals surface area (Å²) in [5.74, 6) is 1.91. The van der Waals surface area contributed by atoms with Crippen LogP contribution in [0.2, 0.25) is 0 Å². The topological polar surface area (TPSA) is 48.5 Å². The molecule has 15 aromatic rings. The largest absolute Gasteiger partial charge is 0.309 e. The Balaban J connectivity index is 1.05. The van der Waals surface area contributed by atoms with E-state index < -0.39 is 0 Å². The van der Waals surface area contributed by atoms with Crippen molar-refractivity contribution in [3.8, 4) is 56.7 Å². The van der Waals surface area contributed by atoms with Crippen molar-refractivity contribution in [1.29, 1.82) is 0 Å². The van der Waals surface area contributed by atoms with E-state index in [0.717, 1.165) is 50.0 Å². The Labute approximate surface area is 402 Å². The van der Waals surface area contributed by atoms with E-state index in [1.165, 1.54) is 75.9 Å². The van der Waals surface area contributed by atoms with Gasteiger partial charge < -0.3 is 9.13 Å². The Morgan fingerprint density at radius 3 is 1.51 bits per heavy atom. The van der Waals surface area contributed by atoms with Gasteiger partial charge in [0.25, 0.3) is 0 Å². The van der Waals surface area contributed by atoms with Gasteiger partial charge in [-0.2, -0.15) is 0 Å². The van der Waals surface area contributed by atoms with E-state index in [0.29, 0.717) is 17.5 Å². The summed E-state index contributed by atoms with van der Waals surface area (Å²) in [5, 5.41) is 14.7. The van der Waals surface area contributed by atoms with Gasteiger partial charge in [0, 0.05) is 60.6 Å². The molecular formula is C65H39N5. The molecule has 0 N–H and O–H groups in total. The molecule has 5 heteroatoms. The molecule has 0 aliphatic carbocycles. The first-order chi connectivity index (χ1) is 34.7. The van der Waals surface area contributed by atoms with Crippen LogP contribution in [0.3, 0.4) is 0 Å². The van der Waals surface area contributed by atoms with E-state index in [2.05, 4.69) is 209 Å². The number of aromatic nitrogens is 5. The zero-order chi connectivity index (χ0) is 45.9. The fraction of sp³-hybridized carbons (Fsp3) is 0. The molecule has 0 spiro atoms. The third-order valence-corrected chi connectivity index (χ3v) is 14.5. The summed E-state index contributed by atoms with van der Waals surface area (Å²) in [6.07, 6.45) is 0. The lowest BCUT2D eigenvalue weighted by Crippen LogP contribution is -2.01. The van der Waals surface area contributed by atoms with Crippen LogP contribution < -0.4 is 0 Å². The smallest absolute Gasteiger partial charge is 0.164 e. The Kier molecular flexibility index (Phi) is 8.29. The average molecular weight is 890 g/mol. The fourth-order valence-electron chi connectivity index (χ4n) is 11.5. The van der Waals surface area contributed by atoms with Gasteiger partial charge in [0.1, 0.15) is 0 Å². The zero-order valence-electron chi connectivity index (χ0n) is 37.8. The molecule has 0 saturated carbocycles. The van der Waals surface area contributed by atoms with Gasteiger partial charge in [0.05, 0.1) is 22.1 Å². The molecule has 0 aliphatic heterocycles. The summed E-state index contributed by atoms with van der Waals surface area (Å²) in [5.41, 5.74) is 12.1. The average Bonchev–Trinajstić information content (AvgIpc) is 3.95. The number of benzene rings is 12. The number of para-hydroxylation sites is 2. The Bertz CT molecular complexity index is 4510. The fourth-order valence-corrected chi connectivity index (χ4v) is 11.5. The van der Waals surface area contributed by atoms with Gasteiger partial charge in [-0.1, -0.05) is 188 Å². The lowest BCUT2D eigenvalue weighted by molar-refractivity contribution is 1.08. The minimum Gasteiger partial charge on any atom is -0.309 e. The van der Waals surface area contributed by atoms with E-state index in [1.807, 2.05) is 36.4 Å². The van der Waals surface area contributed by atoms with E-state index in [1.54, 1.807) is 0 Å². The quantitative estimate of drug-likeness (QED) is 0.156. The van der Waals surface area contributed by atoms with Crippen molar-refractivity contribution in [2.75, 3.05) is 0 Å². The van der Waals surface area contributed by atoms with Crippen molar-refractivity contribution in [2.45, 2.75) is 0 Å². The van der Waals surface area contributed by atoms with Crippen LogP contribution in [0.1, 0.15) is 0 Å². The highest BCUT2D eigenvalue weighted by Gasteiger charge is 2.26. The highest BCUT2D eigenvalue weighted by atomic mass is 15.0. The Morgan fingerprint density at radius 2 is 0.786 bits per heavy atom. The van der Waals surface area contributed by atoms with Crippen LogP contribution in [0.5, 0.6) is 0 Å². The van der Waals surface area contributed by atoms with Gasteiger partial charge in [-0.3, -0.25) is 0 Å². The van der Waals surface area contributed by atoms with Gasteiger partial charge in [0.15, 0.2) is 17.5 Å². The number of hydrogen-bond donors (Lipinski definition) is 0. The maximum atomic E-state index is 5.20. The highest BCUT2D eigenvalue weighted by molar-refractivity contribution is 6.40. The number of fused-ring (bicyclic) bond motifs is 9. The summed E-state index contributed by atoms with van der Waals surface area (Å²) in [7, 11) is 0. The summed E-state index contributed by atoms with van der Waals surface area (Å²) in [4.78, 5) is 15.4. The molecule has 324 valence electrons. The number of nitrogens with zero attached hydrogens (tertiary/aromatic N) is 5. The predicted octanol–water partition coefficient (Wildman–Crippen LogP) is 16.8. The molecule has 5 nitrogen and oxygen atoms in total. The molecule has 15 rings (SSSR count). The van der Waals surface area contributed by atoms with E-state index >= 15 is 0 Å². The molecule has 12 aromatic carbocycles. The molecular weight excluding hydrogens is 851 g/mol. The van der Waals surface area contributed by atoms with Crippen LogP contribution in [-0.4, -0.2) is 24.1 Å². The van der Waals surface area contributed by atoms with Crippen molar-refractivity contribution in [3.63, 3.8) is 0 Å². The molecule has 3 aromatic heterocycles. The van der Waals surface area contributed by atoms with Crippen molar-refractivity contribution >= 4 is 86.7 Å². The molecule has 0 aliphatic rings. The first-order valence-corrected chi connectivity index (χ1v) is 23.9. The molecule has 0 bridgehead atoms. The monoisotopic (exact) mass is 889 g/mol. The van der Waals surface area contributed by atoms with E-state index in [-0.39, 0.29) is 0 Å². The second-order valence-corrected chi connectivity index (χ2v) is 18.3. The lowest BCUT2D eigenvalue weighted by atomic mass is 9.88. The van der Waals surface area contributed by atoms with Gasteiger partial charge >= 0.3 is 0 Å². The molecule has 0 fully saturated rings. The maximum absolute atomic E-state index is 5.20. The number of rotatable bonds is 6. The van der Waals surface area contributed by atoms with Gasteiger partial charge in [0.2, 0.25) is 0 Å². The lowest BCUT2D eigenvalue weighted by Gasteiger charge is -2.16. The first kappa shape index (κ1) is 38.6. The Morgan fingerprint density at radius 1 is 0.257 bits per heavy atom. The van der Waals surface area contributed by atoms with Crippen LogP contribution >= 0.6 is 0 Å². The normalized spacial score (nSPS) is 12.0. The predicted molar refractivity (Wildman–Crippen MR) is 291 cm³/mol. The molecule has 0 amide bonds. The molecule has 70 heavy (non-hydrogen) atoms. The van der Waals surface area contributed by atoms with Crippen LogP contribution in [0.15, 0.2) is 237 Å². The second-order valence-electron chi connectivity index (χ2n) is 18.3. The van der Waals surface area contributed by atoms with Crippen molar-refractivity contribution in [1.82, 2.24) is 24.1 Å². The second kappa shape index (κ2) is 15.0. The molecule has 0 atom stereocenters. The first-order valence-electron chi connectivity index (χ1n) is 23.9. The molecule has 0 radical (unpaired) electrons. The number of hydrogen-bond acceptors (Lipinski definition) is 3. The van der Waals surface area contributed by atoms with Crippen LogP contribution in [0.25, 0.3) is 143 Å². The van der Waals surface area contributed by atoms with Gasteiger partial charge in [-0.15, -0.1) is 0 Å². The molecule has 3 heterocycles. The SMILES string of the molecule is c1ccc(-c2nc(-c3ccccc3)nc(-c3ccc(-c4ccc5c6ccccc6c6c7ccccc7cc7c6c5c4n7-c4ccc5c(c4)c4ccccc4n5-c4ccccc4)c4ccccc34)n2)cc1. The molecule has 0 unspecified atom stereocenters. The minimum absolute atomic E-state index is 0.635. The summed E-state index contributed by atoms with van der Waals surface area (Å²) < 4.78 is 4.96. The zero-order valence-corrected chi connectivity index (χ0v) is 37.8. The van der Waals surface area contributed by atoms with Gasteiger partial charge in [-0.05, 0) is 91.8 Å². The Hall–Kier alpha value is -9.45. The van der Waals surface area contributed by atoms with Crippen LogP contribution in [-0.2, 0) is 0 Å². The summed E-state index contributed by atoms with van der Waals surface area (Å²) in [6.45, 7) is 0. The van der Waals surface area contributed by atoms with Gasteiger partial charge in [-0.25, -0.2) is 15.0 Å². The van der Waals surface area contributed by atoms with Crippen LogP contribution in [0, 0.1) is 0 Å². The highest BCUT2D eigenvalue weighted by Crippen LogP contribution is 2.50. The van der Waals surface area contributed by atoms with E-state index in [4.69, 9.17) is 15.0 Å². The maximum Gasteiger partial charge on any atom is 0.164 e.